The topological polar surface area (TPSA) is 112 Å². The van der Waals surface area contributed by atoms with Crippen LogP contribution in [0.1, 0.15) is 11.4 Å². The zero-order valence-corrected chi connectivity index (χ0v) is 18.0. The van der Waals surface area contributed by atoms with Crippen molar-refractivity contribution >= 4 is 39.1 Å². The number of benzene rings is 2. The number of aryl methyl sites for hydroxylation is 1. The van der Waals surface area contributed by atoms with Gasteiger partial charge in [0.25, 0.3) is 5.56 Å². The number of aromatic nitrogens is 5. The predicted molar refractivity (Wildman–Crippen MR) is 127 cm³/mol. The Labute approximate surface area is 187 Å². The van der Waals surface area contributed by atoms with Crippen molar-refractivity contribution in [2.45, 2.75) is 13.5 Å². The van der Waals surface area contributed by atoms with Gasteiger partial charge >= 0.3 is 0 Å². The average molecular weight is 442 g/mol. The molecule has 0 saturated heterocycles. The Morgan fingerprint density at radius 1 is 1.00 bits per heavy atom. The molecule has 0 bridgehead atoms. The Kier molecular flexibility index (Phi) is 5.08. The molecule has 9 heteroatoms. The van der Waals surface area contributed by atoms with Crippen molar-refractivity contribution in [1.82, 2.24) is 24.5 Å². The minimum Gasteiger partial charge on any atom is -0.368 e. The van der Waals surface area contributed by atoms with Crippen molar-refractivity contribution in [3.8, 4) is 10.4 Å². The summed E-state index contributed by atoms with van der Waals surface area (Å²) in [5.41, 5.74) is 8.56. The molecule has 8 nitrogen and oxygen atoms in total. The molecule has 0 aliphatic carbocycles. The number of thiophene rings is 1. The van der Waals surface area contributed by atoms with Crippen LogP contribution in [-0.4, -0.2) is 24.5 Å². The number of nitrogen functional groups attached to an aromatic ring is 1. The molecule has 0 radical (unpaired) electrons. The van der Waals surface area contributed by atoms with E-state index in [0.717, 1.165) is 21.7 Å². The first-order chi connectivity index (χ1) is 15.6. The third-order valence-electron chi connectivity index (χ3n) is 4.99. The lowest BCUT2D eigenvalue weighted by molar-refractivity contribution is 0.704. The molecule has 0 aliphatic rings. The second kappa shape index (κ2) is 8.20. The number of anilines is 3. The van der Waals surface area contributed by atoms with Gasteiger partial charge in [-0.15, -0.1) is 11.3 Å². The summed E-state index contributed by atoms with van der Waals surface area (Å²) in [5.74, 6) is 0.766. The van der Waals surface area contributed by atoms with Gasteiger partial charge in [0.15, 0.2) is 5.82 Å². The van der Waals surface area contributed by atoms with Crippen molar-refractivity contribution in [2.75, 3.05) is 11.1 Å². The van der Waals surface area contributed by atoms with E-state index in [9.17, 15) is 4.79 Å². The molecule has 158 valence electrons. The third-order valence-corrected chi connectivity index (χ3v) is 6.24. The van der Waals surface area contributed by atoms with Gasteiger partial charge < -0.3 is 11.1 Å². The predicted octanol–water partition coefficient (Wildman–Crippen LogP) is 3.99. The fraction of sp³-hybridized carbons (Fsp3) is 0.0870. The third kappa shape index (κ3) is 3.81. The zero-order valence-electron chi connectivity index (χ0n) is 17.2. The molecule has 3 heterocycles. The molecule has 0 fully saturated rings. The lowest BCUT2D eigenvalue weighted by atomic mass is 10.1. The summed E-state index contributed by atoms with van der Waals surface area (Å²) in [4.78, 5) is 32.3. The molecule has 3 aromatic heterocycles. The van der Waals surface area contributed by atoms with Crippen molar-refractivity contribution in [3.05, 3.63) is 88.7 Å². The molecule has 32 heavy (non-hydrogen) atoms. The SMILES string of the molecule is Cc1c(-c2ccccc2)sc2ncn(Cc3nc(N)nc(Nc4ccccc4)n3)c(=O)c12. The second-order valence-electron chi connectivity index (χ2n) is 7.20. The van der Waals surface area contributed by atoms with Gasteiger partial charge in [0.05, 0.1) is 18.3 Å². The van der Waals surface area contributed by atoms with Crippen LogP contribution in [0.3, 0.4) is 0 Å². The highest BCUT2D eigenvalue weighted by Crippen LogP contribution is 2.35. The molecule has 0 amide bonds. The summed E-state index contributed by atoms with van der Waals surface area (Å²) in [6, 6.07) is 19.5. The van der Waals surface area contributed by atoms with Crippen molar-refractivity contribution < 1.29 is 0 Å². The maximum atomic E-state index is 13.3. The van der Waals surface area contributed by atoms with E-state index in [4.69, 9.17) is 5.73 Å². The molecular weight excluding hydrogens is 422 g/mol. The number of rotatable bonds is 5. The van der Waals surface area contributed by atoms with Gasteiger partial charge in [-0.2, -0.15) is 15.0 Å². The van der Waals surface area contributed by atoms with Gasteiger partial charge in [0.2, 0.25) is 11.9 Å². The van der Waals surface area contributed by atoms with Gasteiger partial charge in [-0.1, -0.05) is 48.5 Å². The minimum absolute atomic E-state index is 0.0774. The number of nitrogens with zero attached hydrogens (tertiary/aromatic N) is 5. The van der Waals surface area contributed by atoms with Gasteiger partial charge in [-0.05, 0) is 30.2 Å². The fourth-order valence-electron chi connectivity index (χ4n) is 3.50. The van der Waals surface area contributed by atoms with E-state index in [1.165, 1.54) is 22.2 Å². The highest BCUT2D eigenvalue weighted by atomic mass is 32.1. The van der Waals surface area contributed by atoms with Gasteiger partial charge in [0, 0.05) is 10.6 Å². The molecule has 5 rings (SSSR count). The van der Waals surface area contributed by atoms with E-state index in [-0.39, 0.29) is 18.1 Å². The molecule has 0 unspecified atom stereocenters. The molecule has 3 N–H and O–H groups in total. The summed E-state index contributed by atoms with van der Waals surface area (Å²) in [6.45, 7) is 2.09. The van der Waals surface area contributed by atoms with Crippen LogP contribution in [0.2, 0.25) is 0 Å². The Morgan fingerprint density at radius 2 is 1.72 bits per heavy atom. The maximum absolute atomic E-state index is 13.3. The largest absolute Gasteiger partial charge is 0.368 e. The van der Waals surface area contributed by atoms with Crippen LogP contribution in [0.5, 0.6) is 0 Å². The Bertz CT molecular complexity index is 1460. The molecule has 5 aromatic rings. The van der Waals surface area contributed by atoms with Crippen LogP contribution in [0, 0.1) is 6.92 Å². The molecular formula is C23H19N7OS. The molecule has 0 aliphatic heterocycles. The van der Waals surface area contributed by atoms with Crippen LogP contribution in [0.15, 0.2) is 71.8 Å². The first-order valence-corrected chi connectivity index (χ1v) is 10.8. The maximum Gasteiger partial charge on any atom is 0.262 e. The summed E-state index contributed by atoms with van der Waals surface area (Å²) in [6.07, 6.45) is 1.53. The number of fused-ring (bicyclic) bond motifs is 1. The first kappa shape index (κ1) is 19.8. The standard InChI is InChI=1S/C23H19N7OS/c1-14-18-20(32-19(14)15-8-4-2-5-9-15)25-13-30(21(18)31)12-17-27-22(24)29-23(28-17)26-16-10-6-3-7-11-16/h2-11,13H,12H2,1H3,(H3,24,26,27,28,29). The summed E-state index contributed by atoms with van der Waals surface area (Å²) < 4.78 is 1.50. The summed E-state index contributed by atoms with van der Waals surface area (Å²) >= 11 is 1.52. The van der Waals surface area contributed by atoms with Crippen LogP contribution in [-0.2, 0) is 6.54 Å². The second-order valence-corrected chi connectivity index (χ2v) is 8.20. The number of para-hydroxylation sites is 1. The lowest BCUT2D eigenvalue weighted by Crippen LogP contribution is -2.22. The van der Waals surface area contributed by atoms with Crippen LogP contribution in [0.25, 0.3) is 20.7 Å². The fourth-order valence-corrected chi connectivity index (χ4v) is 4.65. The molecule has 0 spiro atoms. The first-order valence-electron chi connectivity index (χ1n) is 9.95. The van der Waals surface area contributed by atoms with E-state index in [2.05, 4.69) is 25.3 Å². The smallest absolute Gasteiger partial charge is 0.262 e. The summed E-state index contributed by atoms with van der Waals surface area (Å²) in [7, 11) is 0. The monoisotopic (exact) mass is 441 g/mol. The number of hydrogen-bond acceptors (Lipinski definition) is 8. The summed E-state index contributed by atoms with van der Waals surface area (Å²) in [5, 5.41) is 3.71. The van der Waals surface area contributed by atoms with Crippen LogP contribution in [0.4, 0.5) is 17.6 Å². The molecule has 2 aromatic carbocycles. The van der Waals surface area contributed by atoms with E-state index in [1.54, 1.807) is 0 Å². The van der Waals surface area contributed by atoms with Crippen molar-refractivity contribution in [3.63, 3.8) is 0 Å². The molecule has 0 saturated carbocycles. The van der Waals surface area contributed by atoms with Crippen molar-refractivity contribution in [1.29, 1.82) is 0 Å². The van der Waals surface area contributed by atoms with Gasteiger partial charge in [-0.3, -0.25) is 9.36 Å². The normalized spacial score (nSPS) is 11.0. The average Bonchev–Trinajstić information content (AvgIpc) is 3.14. The van der Waals surface area contributed by atoms with Gasteiger partial charge in [0.1, 0.15) is 4.83 Å². The van der Waals surface area contributed by atoms with E-state index < -0.39 is 0 Å². The Hall–Kier alpha value is -4.11. The lowest BCUT2D eigenvalue weighted by Gasteiger charge is -2.08. The number of nitrogens with two attached hydrogens (primary N) is 1. The minimum atomic E-state index is -0.137. The zero-order chi connectivity index (χ0) is 22.1. The Balaban J connectivity index is 1.50. The Morgan fingerprint density at radius 3 is 2.47 bits per heavy atom. The van der Waals surface area contributed by atoms with Crippen LogP contribution < -0.4 is 16.6 Å². The highest BCUT2D eigenvalue weighted by molar-refractivity contribution is 7.22. The quantitative estimate of drug-likeness (QED) is 0.424. The number of hydrogen-bond donors (Lipinski definition) is 2. The van der Waals surface area contributed by atoms with E-state index in [0.29, 0.717) is 22.0 Å². The van der Waals surface area contributed by atoms with Crippen LogP contribution >= 0.6 is 11.3 Å². The number of nitrogens with one attached hydrogen (secondary N) is 1. The van der Waals surface area contributed by atoms with E-state index >= 15 is 0 Å². The van der Waals surface area contributed by atoms with Crippen molar-refractivity contribution in [2.24, 2.45) is 0 Å². The van der Waals surface area contributed by atoms with Gasteiger partial charge in [-0.25, -0.2) is 4.98 Å². The molecule has 0 atom stereocenters. The highest BCUT2D eigenvalue weighted by Gasteiger charge is 2.16. The van der Waals surface area contributed by atoms with E-state index in [1.807, 2.05) is 67.6 Å².